The van der Waals surface area contributed by atoms with Gasteiger partial charge in [-0.05, 0) is 29.8 Å². The van der Waals surface area contributed by atoms with E-state index in [0.717, 1.165) is 18.7 Å². The Labute approximate surface area is 110 Å². The lowest BCUT2D eigenvalue weighted by Gasteiger charge is -2.03. The van der Waals surface area contributed by atoms with Gasteiger partial charge in [-0.15, -0.1) is 11.3 Å². The fourth-order valence-corrected chi connectivity index (χ4v) is 2.63. The molecule has 0 spiro atoms. The van der Waals surface area contributed by atoms with Crippen molar-refractivity contribution < 1.29 is 9.13 Å². The fourth-order valence-electron chi connectivity index (χ4n) is 1.67. The van der Waals surface area contributed by atoms with Crippen LogP contribution in [0.4, 0.5) is 4.39 Å². The Morgan fingerprint density at radius 3 is 2.50 bits per heavy atom. The molecule has 0 amide bonds. The summed E-state index contributed by atoms with van der Waals surface area (Å²) in [6.07, 6.45) is 0. The third kappa shape index (κ3) is 3.91. The molecular weight excluding hydrogens is 249 g/mol. The molecule has 0 radical (unpaired) electrons. The quantitative estimate of drug-likeness (QED) is 0.865. The van der Waals surface area contributed by atoms with Gasteiger partial charge in [-0.25, -0.2) is 4.39 Å². The van der Waals surface area contributed by atoms with E-state index in [0.29, 0.717) is 6.61 Å². The molecule has 1 N–H and O–H groups in total. The normalized spacial score (nSPS) is 10.8. The molecule has 0 bridgehead atoms. The lowest BCUT2D eigenvalue weighted by Crippen LogP contribution is -2.11. The summed E-state index contributed by atoms with van der Waals surface area (Å²) >= 11 is 1.75. The summed E-state index contributed by atoms with van der Waals surface area (Å²) in [5.41, 5.74) is 1.09. The Morgan fingerprint density at radius 2 is 1.78 bits per heavy atom. The largest absolute Gasteiger partial charge is 0.379 e. The number of hydrogen-bond acceptors (Lipinski definition) is 3. The first-order valence-electron chi connectivity index (χ1n) is 5.79. The van der Waals surface area contributed by atoms with E-state index in [9.17, 15) is 4.39 Å². The summed E-state index contributed by atoms with van der Waals surface area (Å²) in [5, 5.41) is 3.34. The van der Waals surface area contributed by atoms with Gasteiger partial charge in [-0.1, -0.05) is 12.1 Å². The number of thiophene rings is 1. The zero-order chi connectivity index (χ0) is 12.8. The van der Waals surface area contributed by atoms with Crippen LogP contribution in [0.1, 0.15) is 15.3 Å². The average Bonchev–Trinajstić information content (AvgIpc) is 2.80. The third-order valence-corrected chi connectivity index (χ3v) is 3.60. The summed E-state index contributed by atoms with van der Waals surface area (Å²) in [7, 11) is 1.70. The van der Waals surface area contributed by atoms with Crippen LogP contribution in [0.2, 0.25) is 0 Å². The second-order valence-electron chi connectivity index (χ2n) is 4.03. The molecule has 0 aliphatic heterocycles. The van der Waals surface area contributed by atoms with E-state index in [1.807, 2.05) is 0 Å². The Kier molecular flexibility index (Phi) is 4.87. The molecule has 1 aromatic carbocycles. The second kappa shape index (κ2) is 6.64. The average molecular weight is 265 g/mol. The summed E-state index contributed by atoms with van der Waals surface area (Å²) < 4.78 is 17.8. The smallest absolute Gasteiger partial charge is 0.123 e. The molecule has 0 saturated heterocycles. The van der Waals surface area contributed by atoms with Gasteiger partial charge in [-0.3, -0.25) is 0 Å². The van der Waals surface area contributed by atoms with Gasteiger partial charge in [0, 0.05) is 30.0 Å². The van der Waals surface area contributed by atoms with Crippen LogP contribution in [0.5, 0.6) is 0 Å². The molecular formula is C14H16FNOS. The number of methoxy groups -OCH3 is 1. The van der Waals surface area contributed by atoms with E-state index < -0.39 is 0 Å². The predicted molar refractivity (Wildman–Crippen MR) is 72.0 cm³/mol. The van der Waals surface area contributed by atoms with E-state index >= 15 is 0 Å². The second-order valence-corrected chi connectivity index (χ2v) is 5.28. The van der Waals surface area contributed by atoms with Gasteiger partial charge in [0.05, 0.1) is 6.61 Å². The highest BCUT2D eigenvalue weighted by molar-refractivity contribution is 7.11. The number of nitrogens with one attached hydrogen (secondary N) is 1. The zero-order valence-corrected chi connectivity index (χ0v) is 11.1. The van der Waals surface area contributed by atoms with Gasteiger partial charge in [-0.2, -0.15) is 0 Å². The van der Waals surface area contributed by atoms with Crippen molar-refractivity contribution in [2.24, 2.45) is 0 Å². The predicted octanol–water partition coefficient (Wildman–Crippen LogP) is 3.32. The SMILES string of the molecule is COCc1ccc(CNCc2ccc(F)cc2)s1. The van der Waals surface area contributed by atoms with Crippen LogP contribution < -0.4 is 5.32 Å². The fraction of sp³-hybridized carbons (Fsp3) is 0.286. The Balaban J connectivity index is 1.79. The van der Waals surface area contributed by atoms with Crippen molar-refractivity contribution >= 4 is 11.3 Å². The van der Waals surface area contributed by atoms with E-state index in [1.54, 1.807) is 30.6 Å². The zero-order valence-electron chi connectivity index (χ0n) is 10.3. The van der Waals surface area contributed by atoms with Crippen LogP contribution in [-0.4, -0.2) is 7.11 Å². The van der Waals surface area contributed by atoms with Crippen LogP contribution >= 0.6 is 11.3 Å². The van der Waals surface area contributed by atoms with Gasteiger partial charge < -0.3 is 10.1 Å². The molecule has 2 nitrogen and oxygen atoms in total. The molecule has 0 fully saturated rings. The van der Waals surface area contributed by atoms with Gasteiger partial charge in [0.25, 0.3) is 0 Å². The van der Waals surface area contributed by atoms with Crippen LogP contribution in [0.25, 0.3) is 0 Å². The minimum atomic E-state index is -0.193. The van der Waals surface area contributed by atoms with Gasteiger partial charge in [0.1, 0.15) is 5.82 Å². The molecule has 1 heterocycles. The van der Waals surface area contributed by atoms with Gasteiger partial charge >= 0.3 is 0 Å². The number of ether oxygens (including phenoxy) is 1. The van der Waals surface area contributed by atoms with Crippen molar-refractivity contribution in [3.63, 3.8) is 0 Å². The van der Waals surface area contributed by atoms with Crippen LogP contribution in [0, 0.1) is 5.82 Å². The van der Waals surface area contributed by atoms with Gasteiger partial charge in [0.2, 0.25) is 0 Å². The maximum absolute atomic E-state index is 12.7. The van der Waals surface area contributed by atoms with Crippen molar-refractivity contribution in [1.82, 2.24) is 5.32 Å². The first kappa shape index (κ1) is 13.2. The minimum absolute atomic E-state index is 0.193. The number of rotatable bonds is 6. The maximum Gasteiger partial charge on any atom is 0.123 e. The lowest BCUT2D eigenvalue weighted by atomic mass is 10.2. The monoisotopic (exact) mass is 265 g/mol. The summed E-state index contributed by atoms with van der Waals surface area (Å²) in [6.45, 7) is 2.24. The van der Waals surface area contributed by atoms with Crippen molar-refractivity contribution in [1.29, 1.82) is 0 Å². The van der Waals surface area contributed by atoms with Crippen LogP contribution in [-0.2, 0) is 24.4 Å². The Bertz CT molecular complexity index is 481. The van der Waals surface area contributed by atoms with E-state index in [1.165, 1.54) is 21.9 Å². The maximum atomic E-state index is 12.7. The first-order chi connectivity index (χ1) is 8.78. The topological polar surface area (TPSA) is 21.3 Å². The summed E-state index contributed by atoms with van der Waals surface area (Å²) in [4.78, 5) is 2.51. The highest BCUT2D eigenvalue weighted by atomic mass is 32.1. The number of halogens is 1. The molecule has 1 aromatic heterocycles. The van der Waals surface area contributed by atoms with Gasteiger partial charge in [0.15, 0.2) is 0 Å². The Morgan fingerprint density at radius 1 is 1.06 bits per heavy atom. The molecule has 0 aliphatic rings. The standard InChI is InChI=1S/C14H16FNOS/c1-17-10-14-7-6-13(18-14)9-16-8-11-2-4-12(15)5-3-11/h2-7,16H,8-10H2,1H3. The van der Waals surface area contributed by atoms with E-state index in [-0.39, 0.29) is 5.82 Å². The van der Waals surface area contributed by atoms with Crippen molar-refractivity contribution in [2.75, 3.05) is 7.11 Å². The minimum Gasteiger partial charge on any atom is -0.379 e. The molecule has 4 heteroatoms. The Hall–Kier alpha value is -1.23. The van der Waals surface area contributed by atoms with Crippen molar-refractivity contribution in [3.05, 3.63) is 57.5 Å². The van der Waals surface area contributed by atoms with Crippen LogP contribution in [0.15, 0.2) is 36.4 Å². The number of benzene rings is 1. The highest BCUT2D eigenvalue weighted by Crippen LogP contribution is 2.17. The molecule has 0 saturated carbocycles. The highest BCUT2D eigenvalue weighted by Gasteiger charge is 2.00. The van der Waals surface area contributed by atoms with E-state index in [4.69, 9.17) is 4.74 Å². The summed E-state index contributed by atoms with van der Waals surface area (Å²) in [6, 6.07) is 10.8. The van der Waals surface area contributed by atoms with E-state index in [2.05, 4.69) is 17.4 Å². The molecule has 18 heavy (non-hydrogen) atoms. The number of hydrogen-bond donors (Lipinski definition) is 1. The molecule has 2 aromatic rings. The molecule has 96 valence electrons. The molecule has 0 aliphatic carbocycles. The van der Waals surface area contributed by atoms with Crippen molar-refractivity contribution in [2.45, 2.75) is 19.7 Å². The lowest BCUT2D eigenvalue weighted by molar-refractivity contribution is 0.187. The molecule has 0 unspecified atom stereocenters. The third-order valence-electron chi connectivity index (χ3n) is 2.55. The molecule has 2 rings (SSSR count). The summed E-state index contributed by atoms with van der Waals surface area (Å²) in [5.74, 6) is -0.193. The first-order valence-corrected chi connectivity index (χ1v) is 6.61. The van der Waals surface area contributed by atoms with Crippen molar-refractivity contribution in [3.8, 4) is 0 Å². The van der Waals surface area contributed by atoms with Crippen LogP contribution in [0.3, 0.4) is 0 Å². The molecule has 0 atom stereocenters.